The topological polar surface area (TPSA) is 82.9 Å². The molecule has 5 saturated carbocycles. The third kappa shape index (κ3) is 3.53. The summed E-state index contributed by atoms with van der Waals surface area (Å²) in [5.41, 5.74) is 1.56. The summed E-state index contributed by atoms with van der Waals surface area (Å²) in [5.74, 6) is 1.90. The first-order chi connectivity index (χ1) is 19.3. The predicted octanol–water partition coefficient (Wildman–Crippen LogP) is 5.60. The maximum atomic E-state index is 12.7. The molecule has 6 heteroatoms. The molecular formula is C35H52N2O4. The molecule has 5 aliphatic carbocycles. The molecule has 3 unspecified atom stereocenters. The molecule has 2 spiro atoms. The van der Waals surface area contributed by atoms with Gasteiger partial charge < -0.3 is 19.8 Å². The Morgan fingerprint density at radius 3 is 2.41 bits per heavy atom. The number of aliphatic hydroxyl groups excluding tert-OH is 2. The quantitative estimate of drug-likeness (QED) is 0.497. The third-order valence-electron chi connectivity index (χ3n) is 14.8. The molecule has 0 bridgehead atoms. The molecule has 226 valence electrons. The Hall–Kier alpha value is -1.50. The van der Waals surface area contributed by atoms with Crippen LogP contribution >= 0.6 is 0 Å². The van der Waals surface area contributed by atoms with Gasteiger partial charge in [0.1, 0.15) is 0 Å². The van der Waals surface area contributed by atoms with E-state index < -0.39 is 6.10 Å². The Labute approximate surface area is 246 Å². The van der Waals surface area contributed by atoms with Crippen LogP contribution in [0.25, 0.3) is 0 Å². The van der Waals surface area contributed by atoms with Crippen LogP contribution in [0.2, 0.25) is 0 Å². The lowest BCUT2D eigenvalue weighted by atomic mass is 9.41. The van der Waals surface area contributed by atoms with Crippen LogP contribution in [-0.2, 0) is 16.1 Å². The van der Waals surface area contributed by atoms with Crippen LogP contribution < -0.4 is 0 Å². The number of carbonyl (C=O) groups is 1. The second-order valence-electron chi connectivity index (χ2n) is 16.4. The van der Waals surface area contributed by atoms with Crippen LogP contribution in [0.3, 0.4) is 0 Å². The van der Waals surface area contributed by atoms with Gasteiger partial charge in [-0.25, -0.2) is 0 Å². The zero-order chi connectivity index (χ0) is 29.2. The molecule has 1 aromatic rings. The highest BCUT2D eigenvalue weighted by atomic mass is 16.5. The summed E-state index contributed by atoms with van der Waals surface area (Å²) in [6.07, 6.45) is 11.7. The summed E-state index contributed by atoms with van der Waals surface area (Å²) in [4.78, 5) is 18.7. The monoisotopic (exact) mass is 564 g/mol. The smallest absolute Gasteiger partial charge is 0.219 e. The second-order valence-corrected chi connectivity index (χ2v) is 16.4. The van der Waals surface area contributed by atoms with Crippen molar-refractivity contribution in [3.8, 4) is 0 Å². The molecule has 1 saturated heterocycles. The van der Waals surface area contributed by atoms with Gasteiger partial charge in [-0.3, -0.25) is 9.78 Å². The number of aliphatic hydroxyl groups is 2. The van der Waals surface area contributed by atoms with Gasteiger partial charge in [0.2, 0.25) is 5.91 Å². The van der Waals surface area contributed by atoms with Crippen molar-refractivity contribution in [2.75, 3.05) is 6.54 Å². The number of pyridine rings is 1. The first-order valence-electron chi connectivity index (χ1n) is 16.5. The highest BCUT2D eigenvalue weighted by Crippen LogP contribution is 2.89. The summed E-state index contributed by atoms with van der Waals surface area (Å²) in [5, 5.41) is 23.4. The van der Waals surface area contributed by atoms with E-state index in [4.69, 9.17) is 4.74 Å². The van der Waals surface area contributed by atoms with Gasteiger partial charge in [0.05, 0.1) is 24.4 Å². The number of fused-ring (bicyclic) bond motifs is 4. The first-order valence-corrected chi connectivity index (χ1v) is 16.5. The fourth-order valence-electron chi connectivity index (χ4n) is 12.8. The Balaban J connectivity index is 1.16. The third-order valence-corrected chi connectivity index (χ3v) is 14.8. The lowest BCUT2D eigenvalue weighted by Gasteiger charge is -2.63. The number of rotatable bonds is 4. The van der Waals surface area contributed by atoms with E-state index in [-0.39, 0.29) is 40.5 Å². The molecule has 7 rings (SSSR count). The van der Waals surface area contributed by atoms with Crippen molar-refractivity contribution in [2.24, 2.45) is 50.7 Å². The molecule has 0 radical (unpaired) electrons. The van der Waals surface area contributed by atoms with Gasteiger partial charge in [-0.1, -0.05) is 34.6 Å². The van der Waals surface area contributed by atoms with Gasteiger partial charge >= 0.3 is 0 Å². The van der Waals surface area contributed by atoms with Crippen molar-refractivity contribution in [1.82, 2.24) is 9.88 Å². The molecule has 2 N–H and O–H groups in total. The van der Waals surface area contributed by atoms with Gasteiger partial charge in [0, 0.05) is 37.8 Å². The lowest BCUT2D eigenvalue weighted by Crippen LogP contribution is -2.59. The number of hydrogen-bond donors (Lipinski definition) is 2. The van der Waals surface area contributed by atoms with Crippen LogP contribution in [0.5, 0.6) is 0 Å². The van der Waals surface area contributed by atoms with E-state index in [1.165, 1.54) is 19.3 Å². The summed E-state index contributed by atoms with van der Waals surface area (Å²) < 4.78 is 6.92. The van der Waals surface area contributed by atoms with Crippen molar-refractivity contribution in [3.05, 3.63) is 30.1 Å². The fraction of sp³-hybridized carbons (Fsp3) is 0.829. The zero-order valence-corrected chi connectivity index (χ0v) is 26.1. The first kappa shape index (κ1) is 28.3. The van der Waals surface area contributed by atoms with Crippen LogP contribution in [0.1, 0.15) is 98.5 Å². The summed E-state index contributed by atoms with van der Waals surface area (Å²) in [7, 11) is 0. The minimum absolute atomic E-state index is 0.0274. The molecule has 1 amide bonds. The van der Waals surface area contributed by atoms with E-state index in [1.54, 1.807) is 19.3 Å². The van der Waals surface area contributed by atoms with E-state index in [2.05, 4.69) is 39.6 Å². The van der Waals surface area contributed by atoms with Crippen molar-refractivity contribution in [2.45, 2.75) is 124 Å². The molecule has 1 aliphatic heterocycles. The Morgan fingerprint density at radius 2 is 1.71 bits per heavy atom. The summed E-state index contributed by atoms with van der Waals surface area (Å²) in [6.45, 7) is 14.7. The van der Waals surface area contributed by atoms with Crippen LogP contribution in [0.4, 0.5) is 0 Å². The van der Waals surface area contributed by atoms with E-state index in [9.17, 15) is 15.0 Å². The van der Waals surface area contributed by atoms with Gasteiger partial charge in [0.25, 0.3) is 0 Å². The maximum absolute atomic E-state index is 12.7. The number of aromatic nitrogens is 1. The van der Waals surface area contributed by atoms with E-state index in [1.807, 2.05) is 17.0 Å². The zero-order valence-electron chi connectivity index (χ0n) is 26.1. The molecule has 41 heavy (non-hydrogen) atoms. The molecule has 6 nitrogen and oxygen atoms in total. The molecular weight excluding hydrogens is 512 g/mol. The summed E-state index contributed by atoms with van der Waals surface area (Å²) >= 11 is 0. The minimum Gasteiger partial charge on any atom is -0.393 e. The second kappa shape index (κ2) is 9.01. The average molecular weight is 565 g/mol. The number of ether oxygens (including phenoxy) is 1. The standard InChI is InChI=1S/C35H52N2O4/c1-21-17-24(19-37(22(2)38)18-23-10-15-36-16-11-23)41-29-28(21)32(5)13-14-35-20-34(35)12-9-27(39)31(3,4)25(34)7-8-26(35)33(32,6)30(29)40/h10-11,15-16,21,24-30,39-40H,7-9,12-14,17-20H2,1-6H3/t21-,24?,25+,26?,27+,28+,29?,30+,32-,33-,34-,35+/m1/s1. The molecule has 12 atom stereocenters. The average Bonchev–Trinajstić information content (AvgIpc) is 3.56. The number of hydrogen-bond acceptors (Lipinski definition) is 5. The lowest BCUT2D eigenvalue weighted by molar-refractivity contribution is -0.182. The van der Waals surface area contributed by atoms with E-state index in [0.717, 1.165) is 37.7 Å². The van der Waals surface area contributed by atoms with Crippen molar-refractivity contribution in [1.29, 1.82) is 0 Å². The number of carbonyl (C=O) groups excluding carboxylic acids is 1. The minimum atomic E-state index is -0.493. The highest BCUT2D eigenvalue weighted by Gasteiger charge is 2.84. The van der Waals surface area contributed by atoms with Crippen LogP contribution in [0, 0.1) is 50.7 Å². The van der Waals surface area contributed by atoms with Crippen LogP contribution in [0.15, 0.2) is 24.5 Å². The van der Waals surface area contributed by atoms with Crippen molar-refractivity contribution in [3.63, 3.8) is 0 Å². The summed E-state index contributed by atoms with van der Waals surface area (Å²) in [6, 6.07) is 3.93. The SMILES string of the molecule is CC(=O)N(Cc1ccncc1)CC1C[C@@H](C)[C@H]2C(O1)[C@H](O)[C@@]1(C)C3CC[C@H]4C(C)(C)[C@@H](O)CC[C@@]45C[C@@]35CC[C@]21C. The normalized spacial score (nSPS) is 50.9. The Bertz CT molecular complexity index is 1210. The van der Waals surface area contributed by atoms with Crippen LogP contribution in [-0.4, -0.2) is 57.0 Å². The van der Waals surface area contributed by atoms with Gasteiger partial charge in [-0.15, -0.1) is 0 Å². The fourth-order valence-corrected chi connectivity index (χ4v) is 12.8. The van der Waals surface area contributed by atoms with Gasteiger partial charge in [0.15, 0.2) is 0 Å². The molecule has 6 fully saturated rings. The maximum Gasteiger partial charge on any atom is 0.219 e. The Kier molecular flexibility index (Phi) is 6.22. The predicted molar refractivity (Wildman–Crippen MR) is 157 cm³/mol. The van der Waals surface area contributed by atoms with Crippen molar-refractivity contribution < 1.29 is 19.7 Å². The largest absolute Gasteiger partial charge is 0.393 e. The number of amides is 1. The molecule has 6 aliphatic rings. The van der Waals surface area contributed by atoms with E-state index >= 15 is 0 Å². The van der Waals surface area contributed by atoms with Gasteiger partial charge in [-0.2, -0.15) is 0 Å². The van der Waals surface area contributed by atoms with Gasteiger partial charge in [-0.05, 0) is 114 Å². The highest BCUT2D eigenvalue weighted by molar-refractivity contribution is 5.73. The number of nitrogens with zero attached hydrogens (tertiary/aromatic N) is 2. The van der Waals surface area contributed by atoms with E-state index in [0.29, 0.717) is 47.6 Å². The molecule has 2 heterocycles. The van der Waals surface area contributed by atoms with Crippen molar-refractivity contribution >= 4 is 5.91 Å². The Morgan fingerprint density at radius 1 is 1.02 bits per heavy atom. The molecule has 1 aromatic heterocycles. The molecule has 0 aromatic carbocycles.